The number of nitrogens with one attached hydrogen (secondary N) is 1. The fourth-order valence-electron chi connectivity index (χ4n) is 4.79. The molecule has 1 fully saturated rings. The van der Waals surface area contributed by atoms with Crippen LogP contribution in [0.5, 0.6) is 0 Å². The van der Waals surface area contributed by atoms with Crippen LogP contribution in [0.1, 0.15) is 50.4 Å². The Morgan fingerprint density at radius 3 is 2.90 bits per heavy atom. The molecule has 0 saturated carbocycles. The zero-order valence-electron chi connectivity index (χ0n) is 16.3. The number of nitrogens with zero attached hydrogens (tertiary/aromatic N) is 2. The van der Waals surface area contributed by atoms with Crippen LogP contribution in [0.15, 0.2) is 30.5 Å². The molecule has 1 aromatic carbocycles. The second kappa shape index (κ2) is 7.59. The Labute approximate surface area is 176 Å². The molecule has 5 rings (SSSR count). The van der Waals surface area contributed by atoms with Crippen molar-refractivity contribution in [1.29, 1.82) is 0 Å². The van der Waals surface area contributed by atoms with Crippen molar-refractivity contribution in [1.82, 2.24) is 15.1 Å². The Kier molecular flexibility index (Phi) is 4.91. The maximum Gasteiger partial charge on any atom is 0.258 e. The quantitative estimate of drug-likeness (QED) is 0.667. The lowest BCUT2D eigenvalue weighted by molar-refractivity contribution is 0.100. The van der Waals surface area contributed by atoms with Crippen LogP contribution in [-0.2, 0) is 13.0 Å². The lowest BCUT2D eigenvalue weighted by atomic mass is 9.77. The SMILES string of the molecule is NC(=O)c1cc2c(s1)CCCn1ncc([C@H]3CNCC[C@@H]3c3ccc(F)c(F)c3)c1-2. The van der Waals surface area contributed by atoms with E-state index in [0.29, 0.717) is 4.88 Å². The molecule has 2 atom stereocenters. The molecule has 1 amide bonds. The van der Waals surface area contributed by atoms with Crippen molar-refractivity contribution < 1.29 is 13.6 Å². The average Bonchev–Trinajstić information content (AvgIpc) is 3.31. The number of amides is 1. The van der Waals surface area contributed by atoms with Crippen LogP contribution >= 0.6 is 11.3 Å². The number of piperidine rings is 1. The number of fused-ring (bicyclic) bond motifs is 3. The van der Waals surface area contributed by atoms with Gasteiger partial charge in [-0.1, -0.05) is 6.07 Å². The maximum absolute atomic E-state index is 14.0. The van der Waals surface area contributed by atoms with Crippen LogP contribution in [0, 0.1) is 11.6 Å². The molecule has 5 nitrogen and oxygen atoms in total. The van der Waals surface area contributed by atoms with Gasteiger partial charge in [0.25, 0.3) is 5.91 Å². The molecule has 4 heterocycles. The minimum absolute atomic E-state index is 0.0520. The molecule has 2 aromatic heterocycles. The third-order valence-electron chi connectivity index (χ3n) is 6.20. The van der Waals surface area contributed by atoms with Gasteiger partial charge in [0.15, 0.2) is 11.6 Å². The highest BCUT2D eigenvalue weighted by Gasteiger charge is 2.33. The first-order valence-corrected chi connectivity index (χ1v) is 11.0. The van der Waals surface area contributed by atoms with Gasteiger partial charge in [0.1, 0.15) is 0 Å². The number of benzene rings is 1. The van der Waals surface area contributed by atoms with E-state index in [2.05, 4.69) is 10.4 Å². The molecule has 3 N–H and O–H groups in total. The molecule has 1 saturated heterocycles. The molecule has 2 aliphatic rings. The van der Waals surface area contributed by atoms with E-state index in [1.165, 1.54) is 23.5 Å². The Hall–Kier alpha value is -2.58. The van der Waals surface area contributed by atoms with Crippen LogP contribution in [-0.4, -0.2) is 28.8 Å². The van der Waals surface area contributed by atoms with Crippen LogP contribution in [0.4, 0.5) is 8.78 Å². The zero-order valence-corrected chi connectivity index (χ0v) is 17.1. The first-order chi connectivity index (χ1) is 14.5. The van der Waals surface area contributed by atoms with E-state index in [1.54, 1.807) is 6.07 Å². The average molecular weight is 429 g/mol. The van der Waals surface area contributed by atoms with Crippen molar-refractivity contribution in [3.05, 3.63) is 63.0 Å². The van der Waals surface area contributed by atoms with E-state index < -0.39 is 17.5 Å². The lowest BCUT2D eigenvalue weighted by Gasteiger charge is -2.33. The molecular formula is C22H22F2N4OS. The number of aromatic nitrogens is 2. The van der Waals surface area contributed by atoms with Gasteiger partial charge < -0.3 is 11.1 Å². The molecule has 0 bridgehead atoms. The molecule has 0 radical (unpaired) electrons. The second-order valence-corrected chi connectivity index (χ2v) is 9.10. The smallest absolute Gasteiger partial charge is 0.258 e. The number of aryl methyl sites for hydroxylation is 2. The van der Waals surface area contributed by atoms with Crippen molar-refractivity contribution in [3.8, 4) is 11.3 Å². The fraction of sp³-hybridized carbons (Fsp3) is 0.364. The summed E-state index contributed by atoms with van der Waals surface area (Å²) in [5.74, 6) is -1.94. The summed E-state index contributed by atoms with van der Waals surface area (Å²) in [6.45, 7) is 2.35. The predicted molar refractivity (Wildman–Crippen MR) is 112 cm³/mol. The molecule has 156 valence electrons. The third-order valence-corrected chi connectivity index (χ3v) is 7.41. The molecular weight excluding hydrogens is 406 g/mol. The van der Waals surface area contributed by atoms with Gasteiger partial charge in [-0.2, -0.15) is 5.10 Å². The zero-order chi connectivity index (χ0) is 20.8. The van der Waals surface area contributed by atoms with Crippen molar-refractivity contribution in [2.75, 3.05) is 13.1 Å². The highest BCUT2D eigenvalue weighted by Crippen LogP contribution is 2.44. The lowest BCUT2D eigenvalue weighted by Crippen LogP contribution is -2.34. The Bertz CT molecular complexity index is 1120. The Balaban J connectivity index is 1.61. The van der Waals surface area contributed by atoms with Gasteiger partial charge in [-0.15, -0.1) is 11.3 Å². The highest BCUT2D eigenvalue weighted by atomic mass is 32.1. The summed E-state index contributed by atoms with van der Waals surface area (Å²) in [5.41, 5.74) is 9.46. The number of halogens is 2. The third kappa shape index (κ3) is 3.24. The molecule has 0 spiro atoms. The summed E-state index contributed by atoms with van der Waals surface area (Å²) in [6.07, 6.45) is 4.54. The van der Waals surface area contributed by atoms with E-state index in [9.17, 15) is 13.6 Å². The molecule has 30 heavy (non-hydrogen) atoms. The van der Waals surface area contributed by atoms with Gasteiger partial charge in [0, 0.05) is 35.0 Å². The number of nitrogens with two attached hydrogens (primary N) is 1. The number of primary amides is 1. The van der Waals surface area contributed by atoms with Crippen LogP contribution in [0.2, 0.25) is 0 Å². The summed E-state index contributed by atoms with van der Waals surface area (Å²) in [4.78, 5) is 13.5. The standard InChI is InChI=1S/C22H22F2N4OS/c23-17-4-3-12(8-18(17)24)13-5-6-26-10-15(13)16-11-27-28-7-1-2-19-14(21(16)28)9-20(30-19)22(25)29/h3-4,8-9,11,13,15,26H,1-2,5-7,10H2,(H2,25,29)/t13-,15+/m1/s1. The van der Waals surface area contributed by atoms with Crippen molar-refractivity contribution in [2.24, 2.45) is 5.73 Å². The minimum Gasteiger partial charge on any atom is -0.365 e. The summed E-state index contributed by atoms with van der Waals surface area (Å²) < 4.78 is 29.5. The summed E-state index contributed by atoms with van der Waals surface area (Å²) in [6, 6.07) is 6.10. The van der Waals surface area contributed by atoms with Crippen molar-refractivity contribution in [2.45, 2.75) is 37.6 Å². The van der Waals surface area contributed by atoms with Gasteiger partial charge in [0.05, 0.1) is 16.8 Å². The number of thiophene rings is 1. The summed E-state index contributed by atoms with van der Waals surface area (Å²) in [7, 11) is 0. The fourth-order valence-corrected chi connectivity index (χ4v) is 5.84. The van der Waals surface area contributed by atoms with Gasteiger partial charge in [-0.05, 0) is 55.5 Å². The molecule has 0 aliphatic carbocycles. The van der Waals surface area contributed by atoms with Crippen LogP contribution < -0.4 is 11.1 Å². The molecule has 2 aliphatic heterocycles. The van der Waals surface area contributed by atoms with Crippen molar-refractivity contribution >= 4 is 17.2 Å². The largest absolute Gasteiger partial charge is 0.365 e. The van der Waals surface area contributed by atoms with E-state index in [-0.39, 0.29) is 11.8 Å². The Morgan fingerprint density at radius 1 is 1.23 bits per heavy atom. The summed E-state index contributed by atoms with van der Waals surface area (Å²) >= 11 is 1.46. The normalized spacial score (nSPS) is 21.0. The van der Waals surface area contributed by atoms with E-state index in [1.807, 2.05) is 16.9 Å². The molecule has 3 aromatic rings. The number of rotatable bonds is 3. The molecule has 8 heteroatoms. The first-order valence-electron chi connectivity index (χ1n) is 10.2. The van der Waals surface area contributed by atoms with Crippen LogP contribution in [0.3, 0.4) is 0 Å². The van der Waals surface area contributed by atoms with Crippen molar-refractivity contribution in [3.63, 3.8) is 0 Å². The van der Waals surface area contributed by atoms with E-state index >= 15 is 0 Å². The molecule has 0 unspecified atom stereocenters. The van der Waals surface area contributed by atoms with E-state index in [4.69, 9.17) is 5.73 Å². The Morgan fingerprint density at radius 2 is 2.10 bits per heavy atom. The van der Waals surface area contributed by atoms with Gasteiger partial charge >= 0.3 is 0 Å². The first kappa shape index (κ1) is 19.4. The highest BCUT2D eigenvalue weighted by molar-refractivity contribution is 7.14. The maximum atomic E-state index is 14.0. The summed E-state index contributed by atoms with van der Waals surface area (Å²) in [5, 5.41) is 8.09. The van der Waals surface area contributed by atoms with E-state index in [0.717, 1.165) is 66.2 Å². The van der Waals surface area contributed by atoms with Gasteiger partial charge in [-0.25, -0.2) is 8.78 Å². The number of carbonyl (C=O) groups excluding carboxylic acids is 1. The minimum atomic E-state index is -0.828. The topological polar surface area (TPSA) is 72.9 Å². The monoisotopic (exact) mass is 428 g/mol. The van der Waals surface area contributed by atoms with Crippen LogP contribution in [0.25, 0.3) is 11.3 Å². The number of carbonyl (C=O) groups is 1. The second-order valence-electron chi connectivity index (χ2n) is 7.97. The number of hydrogen-bond donors (Lipinski definition) is 2. The number of hydrogen-bond acceptors (Lipinski definition) is 4. The predicted octanol–water partition coefficient (Wildman–Crippen LogP) is 3.80. The van der Waals surface area contributed by atoms with Gasteiger partial charge in [0.2, 0.25) is 0 Å². The van der Waals surface area contributed by atoms with Gasteiger partial charge in [-0.3, -0.25) is 9.48 Å².